The summed E-state index contributed by atoms with van der Waals surface area (Å²) in [6.45, 7) is 2.70. The maximum Gasteiger partial charge on any atom is 0.245 e. The van der Waals surface area contributed by atoms with E-state index in [4.69, 9.17) is 24.7 Å². The highest BCUT2D eigenvalue weighted by Gasteiger charge is 2.29. The summed E-state index contributed by atoms with van der Waals surface area (Å²) in [5, 5.41) is 2.56. The van der Waals surface area contributed by atoms with E-state index in [-0.39, 0.29) is 24.0 Å². The monoisotopic (exact) mass is 722 g/mol. The van der Waals surface area contributed by atoms with Crippen LogP contribution in [0.1, 0.15) is 61.2 Å². The number of nitrogens with zero attached hydrogens (tertiary/aromatic N) is 3. The number of nitrogen functional groups attached to an aromatic ring is 1. The van der Waals surface area contributed by atoms with E-state index in [1.165, 1.54) is 30.0 Å². The number of allylic oxidation sites excluding steroid dienone is 2. The lowest BCUT2D eigenvalue weighted by atomic mass is 9.97. The SMILES string of the molecule is CC(=O)N(C(C)=O)N1C=CC=CC1Oc1ccc2c(c1)CCC(c1ccccc1)O2.Nc1ccc(Oc2ccc3c(c2)CCC(c2ccccc2)O3)nc1. The van der Waals surface area contributed by atoms with Gasteiger partial charge < -0.3 is 24.7 Å². The second-order valence-electron chi connectivity index (χ2n) is 13.1. The van der Waals surface area contributed by atoms with Gasteiger partial charge in [-0.2, -0.15) is 5.01 Å². The molecule has 10 nitrogen and oxygen atoms in total. The van der Waals surface area contributed by atoms with Gasteiger partial charge in [-0.15, -0.1) is 0 Å². The summed E-state index contributed by atoms with van der Waals surface area (Å²) >= 11 is 0. The molecule has 4 aromatic carbocycles. The summed E-state index contributed by atoms with van der Waals surface area (Å²) in [6.07, 6.45) is 11.8. The van der Waals surface area contributed by atoms with Crippen molar-refractivity contribution in [2.24, 2.45) is 0 Å². The fourth-order valence-corrected chi connectivity index (χ4v) is 6.67. The van der Waals surface area contributed by atoms with Gasteiger partial charge in [-0.05, 0) is 103 Å². The number of hydrogen-bond donors (Lipinski definition) is 1. The predicted octanol–water partition coefficient (Wildman–Crippen LogP) is 8.68. The van der Waals surface area contributed by atoms with Crippen molar-refractivity contribution >= 4 is 17.5 Å². The quantitative estimate of drug-likeness (QED) is 0.176. The molecule has 1 aromatic heterocycles. The number of imide groups is 1. The van der Waals surface area contributed by atoms with Gasteiger partial charge in [0.25, 0.3) is 0 Å². The van der Waals surface area contributed by atoms with Gasteiger partial charge in [0, 0.05) is 26.1 Å². The first-order chi connectivity index (χ1) is 26.3. The van der Waals surface area contributed by atoms with Crippen LogP contribution in [0.15, 0.2) is 140 Å². The summed E-state index contributed by atoms with van der Waals surface area (Å²) in [4.78, 5) is 28.1. The number of carbonyl (C=O) groups excluding carboxylic acids is 2. The topological polar surface area (TPSA) is 116 Å². The lowest BCUT2D eigenvalue weighted by Gasteiger charge is -2.36. The molecule has 4 heterocycles. The zero-order valence-electron chi connectivity index (χ0n) is 30.2. The fourth-order valence-electron chi connectivity index (χ4n) is 6.67. The van der Waals surface area contributed by atoms with Crippen LogP contribution >= 0.6 is 0 Å². The minimum Gasteiger partial charge on any atom is -0.485 e. The van der Waals surface area contributed by atoms with Crippen LogP contribution < -0.4 is 24.7 Å². The Morgan fingerprint density at radius 1 is 0.741 bits per heavy atom. The number of amides is 2. The molecule has 0 saturated heterocycles. The standard InChI is InChI=1S/C24H24N2O4.C20H18N2O2/c1-17(27)26(18(2)28)25-15-7-6-10-24(25)29-21-12-14-23-20(16-21)11-13-22(30-23)19-8-4-3-5-9-19;21-16-7-11-20(22-13-16)23-17-8-10-19-15(12-17)6-9-18(24-19)14-4-2-1-3-5-14/h3-10,12,14-16,22,24H,11,13H2,1-2H3;1-5,7-8,10-13,18H,6,9,21H2. The molecule has 5 aromatic rings. The smallest absolute Gasteiger partial charge is 0.245 e. The molecule has 0 spiro atoms. The number of aryl methyl sites for hydroxylation is 2. The van der Waals surface area contributed by atoms with Crippen LogP contribution in [0.5, 0.6) is 28.9 Å². The first-order valence-electron chi connectivity index (χ1n) is 18.0. The molecule has 10 heteroatoms. The fraction of sp³-hybridized carbons (Fsp3) is 0.205. The third kappa shape index (κ3) is 8.56. The molecule has 3 atom stereocenters. The van der Waals surface area contributed by atoms with Crippen molar-refractivity contribution in [2.45, 2.75) is 58.0 Å². The highest BCUT2D eigenvalue weighted by molar-refractivity contribution is 5.92. The van der Waals surface area contributed by atoms with E-state index in [1.54, 1.807) is 36.7 Å². The van der Waals surface area contributed by atoms with Crippen molar-refractivity contribution in [2.75, 3.05) is 5.73 Å². The number of fused-ring (bicyclic) bond motifs is 2. The van der Waals surface area contributed by atoms with E-state index >= 15 is 0 Å². The molecule has 0 radical (unpaired) electrons. The second-order valence-corrected chi connectivity index (χ2v) is 13.1. The molecule has 0 bridgehead atoms. The van der Waals surface area contributed by atoms with Crippen molar-refractivity contribution in [3.05, 3.63) is 162 Å². The number of aromatic nitrogens is 1. The van der Waals surface area contributed by atoms with Crippen molar-refractivity contribution < 1.29 is 28.5 Å². The third-order valence-electron chi connectivity index (χ3n) is 9.25. The Morgan fingerprint density at radius 2 is 1.31 bits per heavy atom. The molecule has 54 heavy (non-hydrogen) atoms. The molecule has 0 aliphatic carbocycles. The van der Waals surface area contributed by atoms with Gasteiger partial charge in [-0.3, -0.25) is 9.59 Å². The molecule has 3 unspecified atom stereocenters. The molecule has 274 valence electrons. The Morgan fingerprint density at radius 3 is 1.87 bits per heavy atom. The number of pyridine rings is 1. The number of benzene rings is 4. The minimum atomic E-state index is -0.609. The van der Waals surface area contributed by atoms with Gasteiger partial charge >= 0.3 is 0 Å². The number of carbonyl (C=O) groups is 2. The highest BCUT2D eigenvalue weighted by atomic mass is 16.5. The van der Waals surface area contributed by atoms with Gasteiger partial charge in [-0.25, -0.2) is 9.99 Å². The summed E-state index contributed by atoms with van der Waals surface area (Å²) in [7, 11) is 0. The van der Waals surface area contributed by atoms with E-state index in [9.17, 15) is 9.59 Å². The van der Waals surface area contributed by atoms with Gasteiger partial charge in [0.15, 0.2) is 0 Å². The third-order valence-corrected chi connectivity index (χ3v) is 9.25. The average molecular weight is 723 g/mol. The van der Waals surface area contributed by atoms with Gasteiger partial charge in [0.05, 0.1) is 11.9 Å². The number of nitrogens with two attached hydrogens (primary N) is 1. The van der Waals surface area contributed by atoms with Gasteiger partial charge in [-0.1, -0.05) is 66.7 Å². The molecule has 0 fully saturated rings. The number of hydrogen-bond acceptors (Lipinski definition) is 9. The van der Waals surface area contributed by atoms with Crippen LogP contribution in [0.25, 0.3) is 0 Å². The number of rotatable bonds is 7. The van der Waals surface area contributed by atoms with Gasteiger partial charge in [0.1, 0.15) is 35.2 Å². The Bertz CT molecular complexity index is 2120. The lowest BCUT2D eigenvalue weighted by molar-refractivity contribution is -0.165. The second kappa shape index (κ2) is 16.4. The summed E-state index contributed by atoms with van der Waals surface area (Å²) in [5.41, 5.74) is 10.9. The largest absolute Gasteiger partial charge is 0.485 e. The summed E-state index contributed by atoms with van der Waals surface area (Å²) in [6, 6.07) is 35.7. The molecule has 2 amide bonds. The molecule has 3 aliphatic rings. The zero-order chi connectivity index (χ0) is 37.4. The molecular formula is C44H42N4O6. The Hall–Kier alpha value is -6.55. The molecule has 2 N–H and O–H groups in total. The van der Waals surface area contributed by atoms with Crippen molar-refractivity contribution in [1.82, 2.24) is 15.0 Å². The van der Waals surface area contributed by atoms with Crippen LogP contribution in [-0.4, -0.2) is 33.0 Å². The van der Waals surface area contributed by atoms with E-state index in [1.807, 2.05) is 78.9 Å². The Labute approximate surface area is 315 Å². The van der Waals surface area contributed by atoms with E-state index in [0.717, 1.165) is 59.1 Å². The normalized spacial score (nSPS) is 18.0. The van der Waals surface area contributed by atoms with E-state index < -0.39 is 6.23 Å². The van der Waals surface area contributed by atoms with Gasteiger partial charge in [0.2, 0.25) is 23.9 Å². The van der Waals surface area contributed by atoms with Crippen molar-refractivity contribution in [1.29, 1.82) is 0 Å². The summed E-state index contributed by atoms with van der Waals surface area (Å²) in [5.74, 6) is 2.97. The number of anilines is 1. The van der Waals surface area contributed by atoms with E-state index in [2.05, 4.69) is 29.2 Å². The van der Waals surface area contributed by atoms with E-state index in [0.29, 0.717) is 17.3 Å². The number of hydrazine groups is 1. The van der Waals surface area contributed by atoms with Crippen LogP contribution in [0, 0.1) is 0 Å². The lowest BCUT2D eigenvalue weighted by Crippen LogP contribution is -2.52. The van der Waals surface area contributed by atoms with Crippen LogP contribution in [0.2, 0.25) is 0 Å². The van der Waals surface area contributed by atoms with Crippen LogP contribution in [-0.2, 0) is 22.4 Å². The molecule has 8 rings (SSSR count). The Balaban J connectivity index is 0.000000171. The van der Waals surface area contributed by atoms with Crippen molar-refractivity contribution in [3.63, 3.8) is 0 Å². The van der Waals surface area contributed by atoms with Crippen molar-refractivity contribution in [3.8, 4) is 28.9 Å². The first kappa shape index (κ1) is 35.8. The number of ether oxygens (including phenoxy) is 4. The molecule has 0 saturated carbocycles. The summed E-state index contributed by atoms with van der Waals surface area (Å²) < 4.78 is 24.2. The predicted molar refractivity (Wildman–Crippen MR) is 206 cm³/mol. The average Bonchev–Trinajstić information content (AvgIpc) is 3.20. The minimum absolute atomic E-state index is 0.0482. The zero-order valence-corrected chi connectivity index (χ0v) is 30.2. The Kier molecular flexibility index (Phi) is 10.9. The highest BCUT2D eigenvalue weighted by Crippen LogP contribution is 2.38. The molecular weight excluding hydrogens is 681 g/mol. The van der Waals surface area contributed by atoms with Crippen LogP contribution in [0.4, 0.5) is 5.69 Å². The maximum atomic E-state index is 12.0. The van der Waals surface area contributed by atoms with Crippen LogP contribution in [0.3, 0.4) is 0 Å². The molecule has 3 aliphatic heterocycles. The first-order valence-corrected chi connectivity index (χ1v) is 18.0. The maximum absolute atomic E-state index is 12.0.